The molecule has 1 saturated carbocycles. The maximum absolute atomic E-state index is 11.8. The summed E-state index contributed by atoms with van der Waals surface area (Å²) in [5.74, 6) is 0.354. The lowest BCUT2D eigenvalue weighted by Gasteiger charge is -2.25. The average molecular weight is 313 g/mol. The number of aromatic nitrogens is 1. The van der Waals surface area contributed by atoms with Crippen LogP contribution in [0.1, 0.15) is 36.2 Å². The third kappa shape index (κ3) is 3.70. The fraction of sp³-hybridized carbons (Fsp3) is 0.538. The first-order valence-electron chi connectivity index (χ1n) is 6.27. The van der Waals surface area contributed by atoms with Crippen LogP contribution in [0.3, 0.4) is 0 Å². The highest BCUT2D eigenvalue weighted by Crippen LogP contribution is 2.28. The molecule has 4 nitrogen and oxygen atoms in total. The minimum Gasteiger partial charge on any atom is -0.350 e. The molecule has 98 valence electrons. The number of amides is 1. The minimum atomic E-state index is -0.248. The van der Waals surface area contributed by atoms with Crippen molar-refractivity contribution in [1.29, 1.82) is 0 Å². The Hall–Kier alpha value is -1.10. The van der Waals surface area contributed by atoms with E-state index in [0.717, 1.165) is 12.8 Å². The number of rotatable bonds is 3. The van der Waals surface area contributed by atoms with Crippen molar-refractivity contribution in [3.05, 3.63) is 34.2 Å². The average Bonchev–Trinajstić information content (AvgIpc) is 2.38. The minimum absolute atomic E-state index is 0.200. The second-order valence-electron chi connectivity index (χ2n) is 4.76. The monoisotopic (exact) mass is 312 g/mol. The summed E-state index contributed by atoms with van der Waals surface area (Å²) in [6, 6.07) is 4.60. The maximum Gasteiger partial charge on any atom is 0.267 e. The zero-order chi connectivity index (χ0) is 13.0. The highest BCUT2D eigenvalue weighted by atomic mass is 79.9. The van der Waals surface area contributed by atoms with Crippen molar-refractivity contribution in [1.82, 2.24) is 10.3 Å². The lowest BCUT2D eigenvalue weighted by molar-refractivity contribution is 0.0938. The van der Waals surface area contributed by atoms with E-state index in [-0.39, 0.29) is 11.5 Å². The number of carbonyl (C=O) groups is 1. The van der Waals surface area contributed by atoms with E-state index in [2.05, 4.69) is 26.2 Å². The molecule has 0 radical (unpaired) electrons. The van der Waals surface area contributed by atoms with Crippen LogP contribution in [0.2, 0.25) is 0 Å². The smallest absolute Gasteiger partial charge is 0.267 e. The van der Waals surface area contributed by atoms with Gasteiger partial charge in [-0.15, -0.1) is 0 Å². The molecule has 0 aliphatic heterocycles. The number of aromatic amines is 1. The Bertz CT molecular complexity index is 464. The predicted octanol–water partition coefficient (Wildman–Crippen LogP) is 2.06. The number of nitrogens with one attached hydrogen (secondary N) is 2. The predicted molar refractivity (Wildman–Crippen MR) is 74.1 cm³/mol. The highest BCUT2D eigenvalue weighted by molar-refractivity contribution is 9.09. The van der Waals surface area contributed by atoms with Crippen LogP contribution in [0.25, 0.3) is 0 Å². The summed E-state index contributed by atoms with van der Waals surface area (Å²) >= 11 is 3.61. The molecule has 2 rings (SSSR count). The zero-order valence-corrected chi connectivity index (χ0v) is 11.7. The summed E-state index contributed by atoms with van der Waals surface area (Å²) in [5.41, 5.74) is 0.0825. The standard InChI is InChI=1S/C13H17BrN2O2/c14-10-6-4-9(5-7-10)8-15-13(18)11-2-1-3-12(17)16-11/h1-3,9-10H,4-8H2,(H,15,18)(H,16,17). The van der Waals surface area contributed by atoms with E-state index >= 15 is 0 Å². The summed E-state index contributed by atoms with van der Waals surface area (Å²) in [6.45, 7) is 0.690. The van der Waals surface area contributed by atoms with E-state index < -0.39 is 0 Å². The van der Waals surface area contributed by atoms with Gasteiger partial charge in [-0.3, -0.25) is 9.59 Å². The van der Waals surface area contributed by atoms with E-state index in [0.29, 0.717) is 23.0 Å². The molecule has 0 atom stereocenters. The number of H-pyrrole nitrogens is 1. The Labute approximate surface area is 114 Å². The van der Waals surface area contributed by atoms with Crippen LogP contribution >= 0.6 is 15.9 Å². The molecule has 5 heteroatoms. The van der Waals surface area contributed by atoms with Gasteiger partial charge in [0.05, 0.1) is 0 Å². The van der Waals surface area contributed by atoms with Gasteiger partial charge in [-0.2, -0.15) is 0 Å². The molecule has 1 amide bonds. The Morgan fingerprint density at radius 2 is 2.06 bits per heavy atom. The van der Waals surface area contributed by atoms with Crippen molar-refractivity contribution < 1.29 is 4.79 Å². The molecule has 2 N–H and O–H groups in total. The Balaban J connectivity index is 1.83. The normalized spacial score (nSPS) is 23.6. The Morgan fingerprint density at radius 3 is 2.72 bits per heavy atom. The summed E-state index contributed by atoms with van der Waals surface area (Å²) in [7, 11) is 0. The van der Waals surface area contributed by atoms with Crippen LogP contribution in [-0.2, 0) is 0 Å². The number of halogens is 1. The summed E-state index contributed by atoms with van der Waals surface area (Å²) < 4.78 is 0. The molecular weight excluding hydrogens is 296 g/mol. The number of pyridine rings is 1. The molecule has 18 heavy (non-hydrogen) atoms. The van der Waals surface area contributed by atoms with Crippen LogP contribution < -0.4 is 10.9 Å². The summed E-state index contributed by atoms with van der Waals surface area (Å²) in [6.07, 6.45) is 4.62. The van der Waals surface area contributed by atoms with Gasteiger partial charge in [0.25, 0.3) is 5.91 Å². The topological polar surface area (TPSA) is 62.0 Å². The SMILES string of the molecule is O=C(NCC1CCC(Br)CC1)c1cccc(=O)[nH]1. The quantitative estimate of drug-likeness (QED) is 0.839. The molecule has 1 heterocycles. The van der Waals surface area contributed by atoms with E-state index in [1.165, 1.54) is 18.9 Å². The van der Waals surface area contributed by atoms with Gasteiger partial charge in [0.2, 0.25) is 5.56 Å². The van der Waals surface area contributed by atoms with Gasteiger partial charge >= 0.3 is 0 Å². The van der Waals surface area contributed by atoms with Crippen LogP contribution in [0.15, 0.2) is 23.0 Å². The first-order valence-corrected chi connectivity index (χ1v) is 7.18. The van der Waals surface area contributed by atoms with Crippen LogP contribution in [0.5, 0.6) is 0 Å². The van der Waals surface area contributed by atoms with Crippen molar-refractivity contribution in [3.63, 3.8) is 0 Å². The lowest BCUT2D eigenvalue weighted by atomic mass is 9.89. The zero-order valence-electron chi connectivity index (χ0n) is 10.1. The largest absolute Gasteiger partial charge is 0.350 e. The second kappa shape index (κ2) is 6.18. The molecule has 0 saturated heterocycles. The fourth-order valence-corrected chi connectivity index (χ4v) is 2.77. The maximum atomic E-state index is 11.8. The van der Waals surface area contributed by atoms with E-state index in [1.54, 1.807) is 12.1 Å². The molecule has 0 unspecified atom stereocenters. The highest BCUT2D eigenvalue weighted by Gasteiger charge is 2.19. The molecular formula is C13H17BrN2O2. The van der Waals surface area contributed by atoms with Crippen LogP contribution in [0.4, 0.5) is 0 Å². The van der Waals surface area contributed by atoms with Crippen molar-refractivity contribution in [2.75, 3.05) is 6.54 Å². The van der Waals surface area contributed by atoms with Crippen LogP contribution in [-0.4, -0.2) is 22.3 Å². The van der Waals surface area contributed by atoms with Crippen molar-refractivity contribution in [2.45, 2.75) is 30.5 Å². The van der Waals surface area contributed by atoms with Crippen molar-refractivity contribution in [2.24, 2.45) is 5.92 Å². The number of carbonyl (C=O) groups excluding carboxylic acids is 1. The van der Waals surface area contributed by atoms with Crippen LogP contribution in [0, 0.1) is 5.92 Å². The first-order chi connectivity index (χ1) is 8.65. The molecule has 0 spiro atoms. The molecule has 1 aromatic rings. The third-order valence-corrected chi connectivity index (χ3v) is 4.26. The number of hydrogen-bond acceptors (Lipinski definition) is 2. The Morgan fingerprint density at radius 1 is 1.33 bits per heavy atom. The molecule has 0 aromatic carbocycles. The molecule has 1 aliphatic carbocycles. The van der Waals surface area contributed by atoms with Gasteiger partial charge in [0.1, 0.15) is 5.69 Å². The lowest BCUT2D eigenvalue weighted by Crippen LogP contribution is -2.32. The third-order valence-electron chi connectivity index (χ3n) is 3.34. The second-order valence-corrected chi connectivity index (χ2v) is 6.05. The van der Waals surface area contributed by atoms with Gasteiger partial charge in [-0.25, -0.2) is 0 Å². The summed E-state index contributed by atoms with van der Waals surface area (Å²) in [5, 5.41) is 2.89. The van der Waals surface area contributed by atoms with Crippen molar-refractivity contribution >= 4 is 21.8 Å². The Kier molecular flexibility index (Phi) is 4.58. The number of alkyl halides is 1. The fourth-order valence-electron chi connectivity index (χ4n) is 2.24. The van der Waals surface area contributed by atoms with E-state index in [9.17, 15) is 9.59 Å². The van der Waals surface area contributed by atoms with Gasteiger partial charge in [-0.1, -0.05) is 22.0 Å². The van der Waals surface area contributed by atoms with E-state index in [4.69, 9.17) is 0 Å². The van der Waals surface area contributed by atoms with Crippen molar-refractivity contribution in [3.8, 4) is 0 Å². The van der Waals surface area contributed by atoms with E-state index in [1.807, 2.05) is 0 Å². The number of hydrogen-bond donors (Lipinski definition) is 2. The van der Waals surface area contributed by atoms with Gasteiger partial charge in [0, 0.05) is 17.4 Å². The van der Waals surface area contributed by atoms with Gasteiger partial charge in [0.15, 0.2) is 0 Å². The van der Waals surface area contributed by atoms with Gasteiger partial charge < -0.3 is 10.3 Å². The van der Waals surface area contributed by atoms with Gasteiger partial charge in [-0.05, 0) is 37.7 Å². The summed E-state index contributed by atoms with van der Waals surface area (Å²) in [4.78, 5) is 26.1. The molecule has 0 bridgehead atoms. The molecule has 1 aromatic heterocycles. The first kappa shape index (κ1) is 13.3. The molecule has 1 aliphatic rings. The molecule has 1 fully saturated rings.